The van der Waals surface area contributed by atoms with Crippen molar-refractivity contribution in [2.75, 3.05) is 16.3 Å². The minimum atomic E-state index is -3.53. The monoisotopic (exact) mass is 412 g/mol. The Kier molecular flexibility index (Phi) is 5.70. The first-order valence-electron chi connectivity index (χ1n) is 8.89. The molecule has 150 valence electrons. The molecule has 0 fully saturated rings. The molecule has 0 aliphatic heterocycles. The van der Waals surface area contributed by atoms with Gasteiger partial charge in [-0.25, -0.2) is 12.8 Å². The first-order valence-corrected chi connectivity index (χ1v) is 10.8. The standard InChI is InChI=1S/C22H21FN2O3S/c1-14-8-9-16(12-15(14)2)17-10-11-18(19(23)13-17)22(26)24-20-6-4-5-7-21(20)25-29(3,27)28/h4-13,25H,1-3H3,(H,24,26). The zero-order valence-corrected chi connectivity index (χ0v) is 17.1. The van der Waals surface area contributed by atoms with Gasteiger partial charge < -0.3 is 5.32 Å². The predicted molar refractivity (Wildman–Crippen MR) is 114 cm³/mol. The Morgan fingerprint density at radius 2 is 1.48 bits per heavy atom. The first-order chi connectivity index (χ1) is 13.6. The van der Waals surface area contributed by atoms with Gasteiger partial charge in [-0.15, -0.1) is 0 Å². The van der Waals surface area contributed by atoms with Gasteiger partial charge in [0.1, 0.15) is 5.82 Å². The molecule has 0 saturated heterocycles. The van der Waals surface area contributed by atoms with Gasteiger partial charge in [-0.2, -0.15) is 0 Å². The fourth-order valence-corrected chi connectivity index (χ4v) is 3.45. The second-order valence-electron chi connectivity index (χ2n) is 6.87. The van der Waals surface area contributed by atoms with Crippen LogP contribution in [0.4, 0.5) is 15.8 Å². The Hall–Kier alpha value is -3.19. The molecule has 0 radical (unpaired) electrons. The van der Waals surface area contributed by atoms with Crippen LogP contribution in [0.2, 0.25) is 0 Å². The highest BCUT2D eigenvalue weighted by molar-refractivity contribution is 7.92. The van der Waals surface area contributed by atoms with E-state index in [0.717, 1.165) is 22.9 Å². The van der Waals surface area contributed by atoms with Crippen LogP contribution in [0.5, 0.6) is 0 Å². The third-order valence-corrected chi connectivity index (χ3v) is 5.12. The number of halogens is 1. The Bertz CT molecular complexity index is 1190. The smallest absolute Gasteiger partial charge is 0.258 e. The summed E-state index contributed by atoms with van der Waals surface area (Å²) in [5.74, 6) is -1.33. The molecule has 3 aromatic carbocycles. The van der Waals surface area contributed by atoms with Crippen LogP contribution in [0.3, 0.4) is 0 Å². The highest BCUT2D eigenvalue weighted by atomic mass is 32.2. The Labute approximate surface area is 169 Å². The van der Waals surface area contributed by atoms with E-state index < -0.39 is 21.7 Å². The summed E-state index contributed by atoms with van der Waals surface area (Å²) >= 11 is 0. The number of rotatable bonds is 5. The number of aryl methyl sites for hydroxylation is 2. The molecule has 0 aliphatic rings. The van der Waals surface area contributed by atoms with E-state index in [-0.39, 0.29) is 16.9 Å². The van der Waals surface area contributed by atoms with Crippen LogP contribution in [-0.4, -0.2) is 20.6 Å². The first kappa shape index (κ1) is 20.5. The number of carbonyl (C=O) groups excluding carboxylic acids is 1. The molecule has 7 heteroatoms. The average molecular weight is 412 g/mol. The minimum Gasteiger partial charge on any atom is -0.320 e. The lowest BCUT2D eigenvalue weighted by Gasteiger charge is -2.13. The topological polar surface area (TPSA) is 75.3 Å². The van der Waals surface area contributed by atoms with Gasteiger partial charge >= 0.3 is 0 Å². The number of amides is 1. The number of hydrogen-bond acceptors (Lipinski definition) is 3. The molecule has 0 aliphatic carbocycles. The molecule has 0 aromatic heterocycles. The lowest BCUT2D eigenvalue weighted by atomic mass is 9.99. The molecular formula is C22H21FN2O3S. The molecular weight excluding hydrogens is 391 g/mol. The number of anilines is 2. The number of sulfonamides is 1. The van der Waals surface area contributed by atoms with Crippen molar-refractivity contribution in [2.24, 2.45) is 0 Å². The minimum absolute atomic E-state index is 0.133. The van der Waals surface area contributed by atoms with Crippen molar-refractivity contribution >= 4 is 27.3 Å². The number of hydrogen-bond donors (Lipinski definition) is 2. The molecule has 0 bridgehead atoms. The highest BCUT2D eigenvalue weighted by Crippen LogP contribution is 2.26. The highest BCUT2D eigenvalue weighted by Gasteiger charge is 2.16. The average Bonchev–Trinajstić information content (AvgIpc) is 2.64. The van der Waals surface area contributed by atoms with Gasteiger partial charge in [0.2, 0.25) is 10.0 Å². The van der Waals surface area contributed by atoms with Crippen LogP contribution in [0.15, 0.2) is 60.7 Å². The van der Waals surface area contributed by atoms with Crippen molar-refractivity contribution in [2.45, 2.75) is 13.8 Å². The molecule has 3 aromatic rings. The summed E-state index contributed by atoms with van der Waals surface area (Å²) in [6.07, 6.45) is 1.01. The summed E-state index contributed by atoms with van der Waals surface area (Å²) in [5, 5.41) is 2.56. The van der Waals surface area contributed by atoms with Crippen molar-refractivity contribution in [3.8, 4) is 11.1 Å². The van der Waals surface area contributed by atoms with Crippen molar-refractivity contribution in [1.82, 2.24) is 0 Å². The largest absolute Gasteiger partial charge is 0.320 e. The number of para-hydroxylation sites is 2. The number of benzene rings is 3. The van der Waals surface area contributed by atoms with Crippen LogP contribution >= 0.6 is 0 Å². The lowest BCUT2D eigenvalue weighted by molar-refractivity contribution is 0.102. The maximum atomic E-state index is 14.7. The molecule has 2 N–H and O–H groups in total. The van der Waals surface area contributed by atoms with E-state index in [1.54, 1.807) is 18.2 Å². The van der Waals surface area contributed by atoms with Crippen molar-refractivity contribution in [3.63, 3.8) is 0 Å². The quantitative estimate of drug-likeness (QED) is 0.636. The van der Waals surface area contributed by atoms with Crippen molar-refractivity contribution < 1.29 is 17.6 Å². The van der Waals surface area contributed by atoms with E-state index in [1.807, 2.05) is 32.0 Å². The molecule has 0 unspecified atom stereocenters. The Balaban J connectivity index is 1.87. The summed E-state index contributed by atoms with van der Waals surface area (Å²) in [5.41, 5.74) is 4.08. The van der Waals surface area contributed by atoms with Crippen LogP contribution in [0, 0.1) is 19.7 Å². The van der Waals surface area contributed by atoms with E-state index in [2.05, 4.69) is 10.0 Å². The van der Waals surface area contributed by atoms with Crippen LogP contribution < -0.4 is 10.0 Å². The van der Waals surface area contributed by atoms with Gasteiger partial charge in [0.15, 0.2) is 0 Å². The SMILES string of the molecule is Cc1ccc(-c2ccc(C(=O)Nc3ccccc3NS(C)(=O)=O)c(F)c2)cc1C. The zero-order valence-electron chi connectivity index (χ0n) is 16.3. The van der Waals surface area contributed by atoms with Crippen LogP contribution in [0.25, 0.3) is 11.1 Å². The molecule has 29 heavy (non-hydrogen) atoms. The molecule has 0 heterocycles. The normalized spacial score (nSPS) is 11.2. The zero-order chi connectivity index (χ0) is 21.2. The number of nitrogens with one attached hydrogen (secondary N) is 2. The van der Waals surface area contributed by atoms with Gasteiger partial charge in [0, 0.05) is 0 Å². The summed E-state index contributed by atoms with van der Waals surface area (Å²) in [6, 6.07) is 16.6. The predicted octanol–water partition coefficient (Wildman–Crippen LogP) is 4.73. The van der Waals surface area contributed by atoms with E-state index in [1.165, 1.54) is 24.3 Å². The molecule has 1 amide bonds. The maximum Gasteiger partial charge on any atom is 0.258 e. The van der Waals surface area contributed by atoms with Gasteiger partial charge in [0.05, 0.1) is 23.2 Å². The molecule has 0 spiro atoms. The van der Waals surface area contributed by atoms with E-state index in [9.17, 15) is 17.6 Å². The number of carbonyl (C=O) groups is 1. The molecule has 3 rings (SSSR count). The van der Waals surface area contributed by atoms with Gasteiger partial charge in [0.25, 0.3) is 5.91 Å². The third kappa shape index (κ3) is 5.00. The van der Waals surface area contributed by atoms with Gasteiger partial charge in [-0.05, 0) is 60.4 Å². The summed E-state index contributed by atoms with van der Waals surface area (Å²) in [7, 11) is -3.53. The molecule has 5 nitrogen and oxygen atoms in total. The molecule has 0 atom stereocenters. The van der Waals surface area contributed by atoms with Crippen LogP contribution in [-0.2, 0) is 10.0 Å². The van der Waals surface area contributed by atoms with E-state index in [0.29, 0.717) is 5.56 Å². The second kappa shape index (κ2) is 8.05. The Morgan fingerprint density at radius 3 is 2.10 bits per heavy atom. The summed E-state index contributed by atoms with van der Waals surface area (Å²) in [4.78, 5) is 12.6. The summed E-state index contributed by atoms with van der Waals surface area (Å²) in [6.45, 7) is 3.99. The third-order valence-electron chi connectivity index (χ3n) is 4.52. The van der Waals surface area contributed by atoms with Gasteiger partial charge in [-0.3, -0.25) is 9.52 Å². The maximum absolute atomic E-state index is 14.7. The van der Waals surface area contributed by atoms with Crippen LogP contribution in [0.1, 0.15) is 21.5 Å². The molecule has 0 saturated carbocycles. The van der Waals surface area contributed by atoms with E-state index >= 15 is 0 Å². The summed E-state index contributed by atoms with van der Waals surface area (Å²) < 4.78 is 40.0. The van der Waals surface area contributed by atoms with Gasteiger partial charge in [-0.1, -0.05) is 36.4 Å². The lowest BCUT2D eigenvalue weighted by Crippen LogP contribution is -2.17. The fraction of sp³-hybridized carbons (Fsp3) is 0.136. The van der Waals surface area contributed by atoms with Crippen molar-refractivity contribution in [1.29, 1.82) is 0 Å². The second-order valence-corrected chi connectivity index (χ2v) is 8.62. The Morgan fingerprint density at radius 1 is 0.862 bits per heavy atom. The van der Waals surface area contributed by atoms with Crippen molar-refractivity contribution in [3.05, 3.63) is 83.2 Å². The fourth-order valence-electron chi connectivity index (χ4n) is 2.87. The van der Waals surface area contributed by atoms with E-state index in [4.69, 9.17) is 0 Å².